The molecule has 4 aromatic rings. The summed E-state index contributed by atoms with van der Waals surface area (Å²) in [6.45, 7) is 3.04. The summed E-state index contributed by atoms with van der Waals surface area (Å²) in [5.41, 5.74) is 3.24. The SMILES string of the molecule is Cn1c(C(O)c2cc(-c3ncnc4cc(N5CCOCC5)ccc34)ccc2F)cccc1=O. The molecule has 0 aliphatic carbocycles. The van der Waals surface area contributed by atoms with Crippen LogP contribution in [0.1, 0.15) is 17.4 Å². The van der Waals surface area contributed by atoms with Gasteiger partial charge in [0.05, 0.1) is 30.1 Å². The van der Waals surface area contributed by atoms with Crippen LogP contribution in [0.3, 0.4) is 0 Å². The molecule has 0 bridgehead atoms. The van der Waals surface area contributed by atoms with E-state index in [2.05, 4.69) is 14.9 Å². The van der Waals surface area contributed by atoms with E-state index in [1.807, 2.05) is 18.2 Å². The number of hydrogen-bond acceptors (Lipinski definition) is 6. The van der Waals surface area contributed by atoms with Gasteiger partial charge < -0.3 is 19.3 Å². The number of morpholine rings is 1. The monoisotopic (exact) mass is 446 g/mol. The molecule has 1 unspecified atom stereocenters. The number of ether oxygens (including phenoxy) is 1. The minimum absolute atomic E-state index is 0.0744. The van der Waals surface area contributed by atoms with Gasteiger partial charge in [0.15, 0.2) is 0 Å². The van der Waals surface area contributed by atoms with Gasteiger partial charge in [-0.3, -0.25) is 4.79 Å². The first-order valence-corrected chi connectivity index (χ1v) is 10.7. The van der Waals surface area contributed by atoms with Gasteiger partial charge >= 0.3 is 0 Å². The van der Waals surface area contributed by atoms with Crippen LogP contribution in [0.25, 0.3) is 22.2 Å². The predicted molar refractivity (Wildman–Crippen MR) is 124 cm³/mol. The molecule has 33 heavy (non-hydrogen) atoms. The molecule has 0 amide bonds. The molecular formula is C25H23FN4O3. The maximum Gasteiger partial charge on any atom is 0.250 e. The molecule has 0 radical (unpaired) electrons. The highest BCUT2D eigenvalue weighted by molar-refractivity contribution is 5.94. The minimum atomic E-state index is -1.30. The number of rotatable bonds is 4. The van der Waals surface area contributed by atoms with E-state index >= 15 is 0 Å². The third-order valence-corrected chi connectivity index (χ3v) is 6.06. The highest BCUT2D eigenvalue weighted by atomic mass is 19.1. The molecule has 3 heterocycles. The maximum absolute atomic E-state index is 14.7. The van der Waals surface area contributed by atoms with Gasteiger partial charge in [0.25, 0.3) is 5.56 Å². The van der Waals surface area contributed by atoms with Gasteiger partial charge in [0.2, 0.25) is 0 Å². The smallest absolute Gasteiger partial charge is 0.250 e. The van der Waals surface area contributed by atoms with E-state index in [9.17, 15) is 14.3 Å². The van der Waals surface area contributed by atoms with Crippen LogP contribution in [0, 0.1) is 5.82 Å². The number of fused-ring (bicyclic) bond motifs is 1. The molecule has 168 valence electrons. The number of aliphatic hydroxyl groups excluding tert-OH is 1. The molecule has 1 aliphatic heterocycles. The number of aliphatic hydroxyl groups is 1. The number of nitrogens with zero attached hydrogens (tertiary/aromatic N) is 4. The van der Waals surface area contributed by atoms with Crippen molar-refractivity contribution in [3.8, 4) is 11.3 Å². The Balaban J connectivity index is 1.56. The Bertz CT molecular complexity index is 1380. The summed E-state index contributed by atoms with van der Waals surface area (Å²) in [6, 6.07) is 15.1. The minimum Gasteiger partial charge on any atom is -0.382 e. The second kappa shape index (κ2) is 8.73. The molecule has 2 aromatic heterocycles. The van der Waals surface area contributed by atoms with Gasteiger partial charge in [-0.05, 0) is 42.5 Å². The number of anilines is 1. The lowest BCUT2D eigenvalue weighted by Crippen LogP contribution is -2.36. The average Bonchev–Trinajstić information content (AvgIpc) is 2.85. The zero-order valence-corrected chi connectivity index (χ0v) is 18.1. The van der Waals surface area contributed by atoms with Crippen LogP contribution in [0.15, 0.2) is 65.7 Å². The van der Waals surface area contributed by atoms with Crippen LogP contribution in [0.2, 0.25) is 0 Å². The third kappa shape index (κ3) is 3.99. The molecule has 1 fully saturated rings. The van der Waals surface area contributed by atoms with Crippen LogP contribution in [0.5, 0.6) is 0 Å². The highest BCUT2D eigenvalue weighted by Gasteiger charge is 2.20. The fourth-order valence-electron chi connectivity index (χ4n) is 4.21. The van der Waals surface area contributed by atoms with E-state index in [1.165, 1.54) is 23.0 Å². The van der Waals surface area contributed by atoms with Gasteiger partial charge in [-0.2, -0.15) is 0 Å². The third-order valence-electron chi connectivity index (χ3n) is 6.06. The van der Waals surface area contributed by atoms with E-state index in [0.29, 0.717) is 30.2 Å². The van der Waals surface area contributed by atoms with E-state index in [0.717, 1.165) is 29.7 Å². The Hall–Kier alpha value is -3.62. The quantitative estimate of drug-likeness (QED) is 0.519. The lowest BCUT2D eigenvalue weighted by molar-refractivity contribution is 0.122. The number of halogens is 1. The summed E-state index contributed by atoms with van der Waals surface area (Å²) in [4.78, 5) is 23.1. The van der Waals surface area contributed by atoms with Crippen LogP contribution in [-0.2, 0) is 11.8 Å². The van der Waals surface area contributed by atoms with E-state index < -0.39 is 11.9 Å². The van der Waals surface area contributed by atoms with Crippen molar-refractivity contribution in [1.29, 1.82) is 0 Å². The van der Waals surface area contributed by atoms with Crippen molar-refractivity contribution >= 4 is 16.6 Å². The first kappa shape index (κ1) is 21.2. The van der Waals surface area contributed by atoms with Gasteiger partial charge in [0.1, 0.15) is 18.2 Å². The number of aromatic nitrogens is 3. The molecule has 1 atom stereocenters. The van der Waals surface area contributed by atoms with Crippen molar-refractivity contribution in [2.24, 2.45) is 7.05 Å². The van der Waals surface area contributed by atoms with Crippen molar-refractivity contribution < 1.29 is 14.2 Å². The fourth-order valence-corrected chi connectivity index (χ4v) is 4.21. The molecule has 1 N–H and O–H groups in total. The Morgan fingerprint density at radius 3 is 2.70 bits per heavy atom. The Labute approximate surface area is 189 Å². The zero-order chi connectivity index (χ0) is 22.9. The van der Waals surface area contributed by atoms with Crippen LogP contribution < -0.4 is 10.5 Å². The average molecular weight is 446 g/mol. The second-order valence-corrected chi connectivity index (χ2v) is 8.01. The lowest BCUT2D eigenvalue weighted by Gasteiger charge is -2.29. The summed E-state index contributed by atoms with van der Waals surface area (Å²) in [6.07, 6.45) is 0.186. The van der Waals surface area contributed by atoms with E-state index in [4.69, 9.17) is 4.74 Å². The first-order valence-electron chi connectivity index (χ1n) is 10.7. The van der Waals surface area contributed by atoms with Crippen molar-refractivity contribution in [3.63, 3.8) is 0 Å². The fraction of sp³-hybridized carbons (Fsp3) is 0.240. The molecule has 5 rings (SSSR count). The number of hydrogen-bond donors (Lipinski definition) is 1. The zero-order valence-electron chi connectivity index (χ0n) is 18.1. The maximum atomic E-state index is 14.7. The van der Waals surface area contributed by atoms with Crippen molar-refractivity contribution in [3.05, 3.63) is 88.4 Å². The summed E-state index contributed by atoms with van der Waals surface area (Å²) >= 11 is 0. The van der Waals surface area contributed by atoms with Crippen LogP contribution >= 0.6 is 0 Å². The number of pyridine rings is 1. The Morgan fingerprint density at radius 1 is 1.06 bits per heavy atom. The van der Waals surface area contributed by atoms with E-state index in [1.54, 1.807) is 31.3 Å². The van der Waals surface area contributed by atoms with Crippen molar-refractivity contribution in [2.75, 3.05) is 31.2 Å². The van der Waals surface area contributed by atoms with Crippen molar-refractivity contribution in [1.82, 2.24) is 14.5 Å². The molecule has 0 saturated carbocycles. The van der Waals surface area contributed by atoms with Gasteiger partial charge in [-0.15, -0.1) is 0 Å². The van der Waals surface area contributed by atoms with E-state index in [-0.39, 0.29) is 11.1 Å². The summed E-state index contributed by atoms with van der Waals surface area (Å²) in [5.74, 6) is -0.560. The summed E-state index contributed by atoms with van der Waals surface area (Å²) in [5, 5.41) is 11.7. The summed E-state index contributed by atoms with van der Waals surface area (Å²) in [7, 11) is 1.55. The van der Waals surface area contributed by atoms with Crippen molar-refractivity contribution in [2.45, 2.75) is 6.10 Å². The predicted octanol–water partition coefficient (Wildman–Crippen LogP) is 3.05. The standard InChI is InChI=1S/C25H23FN4O3/c1-29-22(3-2-4-23(29)31)25(32)19-13-16(5-8-20(19)26)24-18-7-6-17(14-21(18)27-15-28-24)30-9-11-33-12-10-30/h2-8,13-15,25,32H,9-12H2,1H3. The van der Waals surface area contributed by atoms with Crippen LogP contribution in [-0.4, -0.2) is 45.9 Å². The van der Waals surface area contributed by atoms with Gasteiger partial charge in [0, 0.05) is 48.4 Å². The van der Waals surface area contributed by atoms with Crippen LogP contribution in [0.4, 0.5) is 10.1 Å². The molecule has 0 spiro atoms. The molecule has 1 aliphatic rings. The van der Waals surface area contributed by atoms with Gasteiger partial charge in [-0.25, -0.2) is 14.4 Å². The molecule has 7 nitrogen and oxygen atoms in total. The first-order chi connectivity index (χ1) is 16.0. The second-order valence-electron chi connectivity index (χ2n) is 8.01. The Kier molecular flexibility index (Phi) is 5.62. The van der Waals surface area contributed by atoms with Gasteiger partial charge in [-0.1, -0.05) is 6.07 Å². The molecule has 8 heteroatoms. The topological polar surface area (TPSA) is 80.5 Å². The highest BCUT2D eigenvalue weighted by Crippen LogP contribution is 2.32. The molecule has 2 aromatic carbocycles. The number of benzene rings is 2. The normalized spacial score (nSPS) is 15.1. The molecular weight excluding hydrogens is 423 g/mol. The Morgan fingerprint density at radius 2 is 1.88 bits per heavy atom. The summed E-state index contributed by atoms with van der Waals surface area (Å²) < 4.78 is 21.5. The molecule has 1 saturated heterocycles. The largest absolute Gasteiger partial charge is 0.382 e. The lowest BCUT2D eigenvalue weighted by atomic mass is 9.99.